The van der Waals surface area contributed by atoms with Gasteiger partial charge in [-0.15, -0.1) is 0 Å². The van der Waals surface area contributed by atoms with E-state index in [1.54, 1.807) is 12.3 Å². The number of furan rings is 1. The Hall–Kier alpha value is -3.56. The number of aliphatic carboxylic acids is 1. The molecule has 31 heavy (non-hydrogen) atoms. The van der Waals surface area contributed by atoms with Gasteiger partial charge >= 0.3 is 5.97 Å². The van der Waals surface area contributed by atoms with E-state index >= 15 is 0 Å². The number of rotatable bonds is 12. The molecule has 0 aliphatic heterocycles. The quantitative estimate of drug-likeness (QED) is 0.396. The number of hydrogen-bond donors (Lipinski definition) is 2. The molecule has 0 bridgehead atoms. The van der Waals surface area contributed by atoms with E-state index in [9.17, 15) is 10.1 Å². The highest BCUT2D eigenvalue weighted by Crippen LogP contribution is 2.22. The van der Waals surface area contributed by atoms with E-state index in [0.29, 0.717) is 31.7 Å². The molecule has 2 aromatic carbocycles. The van der Waals surface area contributed by atoms with Crippen molar-refractivity contribution in [2.24, 2.45) is 0 Å². The number of ether oxygens (including phenoxy) is 1. The minimum Gasteiger partial charge on any atom is -0.493 e. The van der Waals surface area contributed by atoms with Crippen molar-refractivity contribution in [2.45, 2.75) is 38.8 Å². The molecule has 2 N–H and O–H groups in total. The van der Waals surface area contributed by atoms with Crippen LogP contribution < -0.4 is 10.1 Å². The van der Waals surface area contributed by atoms with Crippen molar-refractivity contribution in [1.29, 1.82) is 5.26 Å². The number of carboxylic acids is 1. The fraction of sp³-hybridized carbons (Fsp3) is 0.280. The van der Waals surface area contributed by atoms with Crippen molar-refractivity contribution < 1.29 is 19.1 Å². The third-order valence-electron chi connectivity index (χ3n) is 4.89. The van der Waals surface area contributed by atoms with Gasteiger partial charge in [-0.05, 0) is 55.2 Å². The molecule has 0 aliphatic rings. The van der Waals surface area contributed by atoms with E-state index in [2.05, 4.69) is 23.5 Å². The molecule has 0 saturated carbocycles. The van der Waals surface area contributed by atoms with Gasteiger partial charge in [-0.25, -0.2) is 0 Å². The summed E-state index contributed by atoms with van der Waals surface area (Å²) in [4.78, 5) is 10.6. The molecule has 3 rings (SSSR count). The SMILES string of the molecule is N#Cc1ccc(OCCCCCC(=O)O)c(CNCc2ccc(-c3ccco3)cc2)c1. The van der Waals surface area contributed by atoms with E-state index in [-0.39, 0.29) is 6.42 Å². The van der Waals surface area contributed by atoms with Gasteiger partial charge in [-0.1, -0.05) is 24.3 Å². The lowest BCUT2D eigenvalue weighted by molar-refractivity contribution is -0.137. The van der Waals surface area contributed by atoms with Gasteiger partial charge in [0.15, 0.2) is 0 Å². The molecule has 6 nitrogen and oxygen atoms in total. The zero-order chi connectivity index (χ0) is 21.9. The largest absolute Gasteiger partial charge is 0.493 e. The van der Waals surface area contributed by atoms with Gasteiger partial charge in [0.25, 0.3) is 0 Å². The van der Waals surface area contributed by atoms with Crippen molar-refractivity contribution >= 4 is 5.97 Å². The average Bonchev–Trinajstić information content (AvgIpc) is 3.32. The molecule has 0 atom stereocenters. The molecule has 1 heterocycles. The molecule has 0 aliphatic carbocycles. The highest BCUT2D eigenvalue weighted by atomic mass is 16.5. The average molecular weight is 418 g/mol. The Labute approximate surface area is 182 Å². The number of benzene rings is 2. The van der Waals surface area contributed by atoms with Crippen LogP contribution in [0.4, 0.5) is 0 Å². The summed E-state index contributed by atoms with van der Waals surface area (Å²) < 4.78 is 11.3. The fourth-order valence-corrected chi connectivity index (χ4v) is 3.24. The first kappa shape index (κ1) is 22.1. The third kappa shape index (κ3) is 7.02. The Morgan fingerprint density at radius 3 is 2.61 bits per heavy atom. The second-order valence-electron chi connectivity index (χ2n) is 7.26. The van der Waals surface area contributed by atoms with Crippen LogP contribution in [-0.4, -0.2) is 17.7 Å². The molecular formula is C25H26N2O4. The summed E-state index contributed by atoms with van der Waals surface area (Å²) in [5.74, 6) is 0.826. The van der Waals surface area contributed by atoms with Gasteiger partial charge in [-0.3, -0.25) is 4.79 Å². The van der Waals surface area contributed by atoms with Gasteiger partial charge < -0.3 is 19.6 Å². The standard InChI is InChI=1S/C25H26N2O4/c26-16-20-9-12-24(30-13-3-1-2-6-25(28)29)22(15-20)18-27-17-19-7-10-21(11-8-19)23-5-4-14-31-23/h4-5,7-12,14-15,27H,1-3,6,13,17-18H2,(H,28,29). The number of nitrogens with zero attached hydrogens (tertiary/aromatic N) is 1. The number of nitrogens with one attached hydrogen (secondary N) is 1. The molecule has 0 spiro atoms. The molecule has 0 unspecified atom stereocenters. The Morgan fingerprint density at radius 2 is 1.90 bits per heavy atom. The molecule has 0 fully saturated rings. The monoisotopic (exact) mass is 418 g/mol. The minimum absolute atomic E-state index is 0.189. The number of nitriles is 1. The molecular weight excluding hydrogens is 392 g/mol. The molecule has 0 saturated heterocycles. The van der Waals surface area contributed by atoms with Crippen LogP contribution in [0.2, 0.25) is 0 Å². The van der Waals surface area contributed by atoms with Crippen molar-refractivity contribution in [3.63, 3.8) is 0 Å². The first-order valence-electron chi connectivity index (χ1n) is 10.4. The van der Waals surface area contributed by atoms with Gasteiger partial charge in [-0.2, -0.15) is 5.26 Å². The predicted octanol–water partition coefficient (Wildman–Crippen LogP) is 5.13. The van der Waals surface area contributed by atoms with Gasteiger partial charge in [0.1, 0.15) is 11.5 Å². The van der Waals surface area contributed by atoms with Crippen molar-refractivity contribution in [3.05, 3.63) is 77.6 Å². The maximum absolute atomic E-state index is 10.6. The van der Waals surface area contributed by atoms with Crippen LogP contribution in [0, 0.1) is 11.3 Å². The second kappa shape index (κ2) is 11.6. The van der Waals surface area contributed by atoms with Crippen molar-refractivity contribution in [2.75, 3.05) is 6.61 Å². The lowest BCUT2D eigenvalue weighted by Gasteiger charge is -2.13. The first-order valence-corrected chi connectivity index (χ1v) is 10.4. The molecule has 3 aromatic rings. The van der Waals surface area contributed by atoms with E-state index in [0.717, 1.165) is 41.0 Å². The Kier molecular flexibility index (Phi) is 8.27. The normalized spacial score (nSPS) is 10.5. The van der Waals surface area contributed by atoms with Gasteiger partial charge in [0.2, 0.25) is 0 Å². The Bertz CT molecular complexity index is 1010. The fourth-order valence-electron chi connectivity index (χ4n) is 3.24. The smallest absolute Gasteiger partial charge is 0.303 e. The van der Waals surface area contributed by atoms with Crippen LogP contribution in [0.5, 0.6) is 5.75 Å². The van der Waals surface area contributed by atoms with Gasteiger partial charge in [0, 0.05) is 30.6 Å². The van der Waals surface area contributed by atoms with Crippen LogP contribution in [0.3, 0.4) is 0 Å². The maximum atomic E-state index is 10.6. The number of unbranched alkanes of at least 4 members (excludes halogenated alkanes) is 2. The molecule has 0 radical (unpaired) electrons. The predicted molar refractivity (Wildman–Crippen MR) is 117 cm³/mol. The summed E-state index contributed by atoms with van der Waals surface area (Å²) in [7, 11) is 0. The Balaban J connectivity index is 1.51. The minimum atomic E-state index is -0.767. The zero-order valence-corrected chi connectivity index (χ0v) is 17.3. The van der Waals surface area contributed by atoms with Crippen LogP contribution in [0.15, 0.2) is 65.3 Å². The first-order chi connectivity index (χ1) is 15.2. The summed E-state index contributed by atoms with van der Waals surface area (Å²) in [6, 6.07) is 19.6. The van der Waals surface area contributed by atoms with Crippen LogP contribution in [0.25, 0.3) is 11.3 Å². The Morgan fingerprint density at radius 1 is 1.06 bits per heavy atom. The van der Waals surface area contributed by atoms with E-state index < -0.39 is 5.97 Å². The van der Waals surface area contributed by atoms with E-state index in [1.807, 2.05) is 36.4 Å². The van der Waals surface area contributed by atoms with Crippen molar-refractivity contribution in [3.8, 4) is 23.1 Å². The molecule has 6 heteroatoms. The van der Waals surface area contributed by atoms with Crippen LogP contribution in [0.1, 0.15) is 42.4 Å². The summed E-state index contributed by atoms with van der Waals surface area (Å²) in [6.45, 7) is 1.78. The third-order valence-corrected chi connectivity index (χ3v) is 4.89. The highest BCUT2D eigenvalue weighted by Gasteiger charge is 2.07. The summed E-state index contributed by atoms with van der Waals surface area (Å²) in [6.07, 6.45) is 4.11. The molecule has 1 aromatic heterocycles. The number of hydrogen-bond acceptors (Lipinski definition) is 5. The van der Waals surface area contributed by atoms with Crippen molar-refractivity contribution in [1.82, 2.24) is 5.32 Å². The lowest BCUT2D eigenvalue weighted by atomic mass is 10.1. The highest BCUT2D eigenvalue weighted by molar-refractivity contribution is 5.66. The lowest BCUT2D eigenvalue weighted by Crippen LogP contribution is -2.14. The maximum Gasteiger partial charge on any atom is 0.303 e. The van der Waals surface area contributed by atoms with Gasteiger partial charge in [0.05, 0.1) is 24.5 Å². The van der Waals surface area contributed by atoms with Crippen LogP contribution >= 0.6 is 0 Å². The summed E-state index contributed by atoms with van der Waals surface area (Å²) >= 11 is 0. The topological polar surface area (TPSA) is 95.5 Å². The zero-order valence-electron chi connectivity index (χ0n) is 17.3. The van der Waals surface area contributed by atoms with E-state index in [4.69, 9.17) is 14.3 Å². The van der Waals surface area contributed by atoms with E-state index in [1.165, 1.54) is 0 Å². The van der Waals surface area contributed by atoms with Crippen LogP contribution in [-0.2, 0) is 17.9 Å². The second-order valence-corrected chi connectivity index (χ2v) is 7.26. The summed E-state index contributed by atoms with van der Waals surface area (Å²) in [5, 5.41) is 21.3. The number of carbonyl (C=O) groups is 1. The molecule has 160 valence electrons. The molecule has 0 amide bonds. The summed E-state index contributed by atoms with van der Waals surface area (Å²) in [5.41, 5.74) is 3.70. The number of carboxylic acid groups (broad SMARTS) is 1.